The molecule has 0 unspecified atom stereocenters. The minimum absolute atomic E-state index is 0.336. The van der Waals surface area contributed by atoms with Crippen LogP contribution in [-0.2, 0) is 0 Å². The van der Waals surface area contributed by atoms with E-state index in [1.807, 2.05) is 0 Å². The molecule has 2 nitrogen and oxygen atoms in total. The molecule has 82 valence electrons. The molecule has 1 aliphatic heterocycles. The molecule has 0 radical (unpaired) electrons. The molecule has 4 heteroatoms. The minimum atomic E-state index is -0.337. The predicted octanol–water partition coefficient (Wildman–Crippen LogP) is 2.42. The number of ether oxygens (including phenoxy) is 1. The first-order valence-corrected chi connectivity index (χ1v) is 5.29. The van der Waals surface area contributed by atoms with Crippen LogP contribution in [0.4, 0.5) is 4.39 Å². The van der Waals surface area contributed by atoms with Crippen molar-refractivity contribution in [2.45, 2.75) is 0 Å². The zero-order valence-corrected chi connectivity index (χ0v) is 9.30. The zero-order valence-electron chi connectivity index (χ0n) is 8.54. The van der Waals surface area contributed by atoms with Gasteiger partial charge in [-0.05, 0) is 25.2 Å². The van der Waals surface area contributed by atoms with Gasteiger partial charge in [-0.2, -0.15) is 0 Å². The third-order valence-electron chi connectivity index (χ3n) is 2.51. The lowest BCUT2D eigenvalue weighted by atomic mass is 10.0. The van der Waals surface area contributed by atoms with E-state index in [0.29, 0.717) is 23.3 Å². The van der Waals surface area contributed by atoms with Crippen LogP contribution >= 0.6 is 11.6 Å². The SMILES string of the molecule is CN1CC(COc2ccc(F)cc2Cl)C1. The summed E-state index contributed by atoms with van der Waals surface area (Å²) in [6, 6.07) is 4.19. The van der Waals surface area contributed by atoms with Gasteiger partial charge in [-0.3, -0.25) is 0 Å². The van der Waals surface area contributed by atoms with Crippen LogP contribution in [0.3, 0.4) is 0 Å². The molecule has 0 N–H and O–H groups in total. The summed E-state index contributed by atoms with van der Waals surface area (Å²) >= 11 is 5.83. The number of nitrogens with zero attached hydrogens (tertiary/aromatic N) is 1. The van der Waals surface area contributed by atoms with Crippen LogP contribution in [0.2, 0.25) is 5.02 Å². The van der Waals surface area contributed by atoms with Crippen LogP contribution in [0.1, 0.15) is 0 Å². The first kappa shape index (κ1) is 10.7. The van der Waals surface area contributed by atoms with Crippen molar-refractivity contribution in [1.29, 1.82) is 0 Å². The van der Waals surface area contributed by atoms with Crippen molar-refractivity contribution in [3.05, 3.63) is 29.0 Å². The van der Waals surface area contributed by atoms with Crippen LogP contribution in [0.25, 0.3) is 0 Å². The van der Waals surface area contributed by atoms with E-state index in [4.69, 9.17) is 16.3 Å². The third-order valence-corrected chi connectivity index (χ3v) is 2.80. The predicted molar refractivity (Wildman–Crippen MR) is 57.9 cm³/mol. The second kappa shape index (κ2) is 4.37. The molecule has 0 atom stereocenters. The van der Waals surface area contributed by atoms with Crippen molar-refractivity contribution in [3.8, 4) is 5.75 Å². The van der Waals surface area contributed by atoms with Gasteiger partial charge in [0.05, 0.1) is 11.6 Å². The van der Waals surface area contributed by atoms with Gasteiger partial charge in [0.15, 0.2) is 0 Å². The summed E-state index contributed by atoms with van der Waals surface area (Å²) in [6.07, 6.45) is 0. The Labute approximate surface area is 93.6 Å². The summed E-state index contributed by atoms with van der Waals surface area (Å²) in [6.45, 7) is 2.76. The van der Waals surface area contributed by atoms with Crippen molar-refractivity contribution < 1.29 is 9.13 Å². The largest absolute Gasteiger partial charge is 0.492 e. The van der Waals surface area contributed by atoms with Gasteiger partial charge in [-0.1, -0.05) is 11.6 Å². The second-order valence-corrected chi connectivity index (χ2v) is 4.38. The highest BCUT2D eigenvalue weighted by molar-refractivity contribution is 6.32. The van der Waals surface area contributed by atoms with E-state index in [-0.39, 0.29) is 5.82 Å². The standard InChI is InChI=1S/C11H13ClFNO/c1-14-5-8(6-14)7-15-11-3-2-9(13)4-10(11)12/h2-4,8H,5-7H2,1H3. The van der Waals surface area contributed by atoms with Gasteiger partial charge in [0.1, 0.15) is 11.6 Å². The molecule has 0 aromatic heterocycles. The summed E-state index contributed by atoms with van der Waals surface area (Å²) in [5, 5.41) is 0.336. The molecule has 15 heavy (non-hydrogen) atoms. The third kappa shape index (κ3) is 2.61. The molecule has 1 fully saturated rings. The van der Waals surface area contributed by atoms with E-state index in [2.05, 4.69) is 11.9 Å². The van der Waals surface area contributed by atoms with Crippen molar-refractivity contribution in [1.82, 2.24) is 4.90 Å². The summed E-state index contributed by atoms with van der Waals surface area (Å²) < 4.78 is 18.2. The first-order chi connectivity index (χ1) is 7.15. The zero-order chi connectivity index (χ0) is 10.8. The van der Waals surface area contributed by atoms with E-state index in [1.54, 1.807) is 6.07 Å². The molecule has 0 saturated carbocycles. The Hall–Kier alpha value is -0.800. The fraction of sp³-hybridized carbons (Fsp3) is 0.455. The highest BCUT2D eigenvalue weighted by atomic mass is 35.5. The lowest BCUT2D eigenvalue weighted by Crippen LogP contribution is -2.46. The highest BCUT2D eigenvalue weighted by Crippen LogP contribution is 2.26. The van der Waals surface area contributed by atoms with Gasteiger partial charge in [0, 0.05) is 19.0 Å². The van der Waals surface area contributed by atoms with Crippen LogP contribution < -0.4 is 4.74 Å². The van der Waals surface area contributed by atoms with E-state index < -0.39 is 0 Å². The maximum Gasteiger partial charge on any atom is 0.138 e. The van der Waals surface area contributed by atoms with E-state index >= 15 is 0 Å². The molecule has 2 rings (SSSR count). The Morgan fingerprint density at radius 1 is 1.53 bits per heavy atom. The van der Waals surface area contributed by atoms with Gasteiger partial charge in [0.25, 0.3) is 0 Å². The summed E-state index contributed by atoms with van der Waals surface area (Å²) in [7, 11) is 2.07. The van der Waals surface area contributed by atoms with Crippen LogP contribution in [-0.4, -0.2) is 31.6 Å². The fourth-order valence-corrected chi connectivity index (χ4v) is 1.96. The number of rotatable bonds is 3. The molecule has 0 spiro atoms. The van der Waals surface area contributed by atoms with Gasteiger partial charge in [-0.25, -0.2) is 4.39 Å². The van der Waals surface area contributed by atoms with Gasteiger partial charge in [-0.15, -0.1) is 0 Å². The molecule has 1 aromatic rings. The lowest BCUT2D eigenvalue weighted by Gasteiger charge is -2.35. The highest BCUT2D eigenvalue weighted by Gasteiger charge is 2.23. The molecule has 0 bridgehead atoms. The molecule has 0 amide bonds. The molecule has 0 aliphatic carbocycles. The second-order valence-electron chi connectivity index (χ2n) is 3.97. The maximum atomic E-state index is 12.7. The Bertz CT molecular complexity index is 352. The van der Waals surface area contributed by atoms with Gasteiger partial charge >= 0.3 is 0 Å². The van der Waals surface area contributed by atoms with E-state index in [9.17, 15) is 4.39 Å². The van der Waals surface area contributed by atoms with Gasteiger partial charge in [0.2, 0.25) is 0 Å². The van der Waals surface area contributed by atoms with E-state index in [1.165, 1.54) is 12.1 Å². The minimum Gasteiger partial charge on any atom is -0.492 e. The Morgan fingerprint density at radius 3 is 2.87 bits per heavy atom. The van der Waals surface area contributed by atoms with Crippen molar-refractivity contribution >= 4 is 11.6 Å². The number of hydrogen-bond donors (Lipinski definition) is 0. The number of halogens is 2. The molecule has 1 aromatic carbocycles. The number of benzene rings is 1. The molecule has 1 aliphatic rings. The number of hydrogen-bond acceptors (Lipinski definition) is 2. The number of likely N-dealkylation sites (tertiary alicyclic amines) is 1. The van der Waals surface area contributed by atoms with Crippen LogP contribution in [0, 0.1) is 11.7 Å². The fourth-order valence-electron chi connectivity index (χ4n) is 1.73. The lowest BCUT2D eigenvalue weighted by molar-refractivity contribution is 0.0858. The maximum absolute atomic E-state index is 12.7. The molecular weight excluding hydrogens is 217 g/mol. The molecular formula is C11H13ClFNO. The van der Waals surface area contributed by atoms with Crippen molar-refractivity contribution in [2.24, 2.45) is 5.92 Å². The van der Waals surface area contributed by atoms with Crippen molar-refractivity contribution in [3.63, 3.8) is 0 Å². The quantitative estimate of drug-likeness (QED) is 0.789. The van der Waals surface area contributed by atoms with Crippen molar-refractivity contribution in [2.75, 3.05) is 26.7 Å². The average molecular weight is 230 g/mol. The monoisotopic (exact) mass is 229 g/mol. The van der Waals surface area contributed by atoms with Gasteiger partial charge < -0.3 is 9.64 Å². The Morgan fingerprint density at radius 2 is 2.27 bits per heavy atom. The molecule has 1 saturated heterocycles. The van der Waals surface area contributed by atoms with E-state index in [0.717, 1.165) is 13.1 Å². The summed E-state index contributed by atoms with van der Waals surface area (Å²) in [5.41, 5.74) is 0. The first-order valence-electron chi connectivity index (χ1n) is 4.91. The Kier molecular flexibility index (Phi) is 3.12. The molecule has 1 heterocycles. The van der Waals surface area contributed by atoms with Crippen LogP contribution in [0.5, 0.6) is 5.75 Å². The summed E-state index contributed by atoms with van der Waals surface area (Å²) in [5.74, 6) is 0.791. The van der Waals surface area contributed by atoms with Crippen LogP contribution in [0.15, 0.2) is 18.2 Å². The topological polar surface area (TPSA) is 12.5 Å². The smallest absolute Gasteiger partial charge is 0.138 e. The Balaban J connectivity index is 1.88. The normalized spacial score (nSPS) is 17.5. The summed E-state index contributed by atoms with van der Waals surface area (Å²) in [4.78, 5) is 2.22. The average Bonchev–Trinajstić information content (AvgIpc) is 2.13.